The summed E-state index contributed by atoms with van der Waals surface area (Å²) >= 11 is 0. The Balaban J connectivity index is 1.80. The largest absolute Gasteiger partial charge is 0.507 e. The summed E-state index contributed by atoms with van der Waals surface area (Å²) in [6, 6.07) is 8.24. The van der Waals surface area contributed by atoms with E-state index >= 15 is 0 Å². The lowest BCUT2D eigenvalue weighted by molar-refractivity contribution is -0.384. The number of carbonyl (C=O) groups is 3. The van der Waals surface area contributed by atoms with E-state index in [1.807, 2.05) is 0 Å². The van der Waals surface area contributed by atoms with Crippen LogP contribution in [-0.4, -0.2) is 56.0 Å². The molecule has 0 aliphatic rings. The fourth-order valence-corrected chi connectivity index (χ4v) is 2.61. The van der Waals surface area contributed by atoms with Crippen molar-refractivity contribution < 1.29 is 29.5 Å². The maximum Gasteiger partial charge on any atom is 0.322 e. The Hall–Kier alpha value is -4.48. The highest BCUT2D eigenvalue weighted by Gasteiger charge is 2.16. The summed E-state index contributed by atoms with van der Waals surface area (Å²) in [5.74, 6) is -2.71. The first kappa shape index (κ1) is 20.3. The number of carboxylic acids is 1. The van der Waals surface area contributed by atoms with Crippen molar-refractivity contribution in [3.05, 3.63) is 52.1 Å². The number of imidazole rings is 1. The second kappa shape index (κ2) is 8.26. The number of nitro benzene ring substituents is 1. The molecule has 154 valence electrons. The summed E-state index contributed by atoms with van der Waals surface area (Å²) in [5.41, 5.74) is 1.08. The van der Waals surface area contributed by atoms with Crippen LogP contribution < -0.4 is 10.6 Å². The van der Waals surface area contributed by atoms with E-state index < -0.39 is 35.8 Å². The summed E-state index contributed by atoms with van der Waals surface area (Å²) < 4.78 is 0. The number of aliphatic carboxylic acids is 1. The second-order valence-corrected chi connectivity index (χ2v) is 6.13. The lowest BCUT2D eigenvalue weighted by Crippen LogP contribution is -2.39. The summed E-state index contributed by atoms with van der Waals surface area (Å²) in [6.45, 7) is -1.07. The minimum absolute atomic E-state index is 0.107. The number of H-pyrrole nitrogens is 1. The van der Waals surface area contributed by atoms with Crippen LogP contribution in [0.15, 0.2) is 36.4 Å². The fraction of sp³-hybridized carbons (Fsp3) is 0.111. The average molecular weight is 413 g/mol. The molecule has 0 radical (unpaired) electrons. The number of carbonyl (C=O) groups excluding carboxylic acids is 2. The molecule has 0 saturated heterocycles. The number of non-ortho nitro benzene ring substituents is 1. The lowest BCUT2D eigenvalue weighted by atomic mass is 10.1. The standard InChI is InChI=1S/C18H15N5O7/c24-14-4-1-9(5-11(14)18(28)20-7-15(25)19-8-16(26)27)17-21-12-3-2-10(23(29)30)6-13(12)22-17/h1-6,24H,7-8H2,(H,19,25)(H,20,28)(H,21,22)(H,26,27). The smallest absolute Gasteiger partial charge is 0.322 e. The molecule has 0 unspecified atom stereocenters. The van der Waals surface area contributed by atoms with Gasteiger partial charge in [-0.05, 0) is 24.3 Å². The van der Waals surface area contributed by atoms with E-state index in [0.29, 0.717) is 22.4 Å². The molecule has 3 rings (SSSR count). The van der Waals surface area contributed by atoms with Gasteiger partial charge in [-0.1, -0.05) is 0 Å². The monoisotopic (exact) mass is 413 g/mol. The molecule has 0 bridgehead atoms. The van der Waals surface area contributed by atoms with Crippen molar-refractivity contribution in [2.45, 2.75) is 0 Å². The van der Waals surface area contributed by atoms with Crippen molar-refractivity contribution in [2.75, 3.05) is 13.1 Å². The van der Waals surface area contributed by atoms with Crippen LogP contribution >= 0.6 is 0 Å². The van der Waals surface area contributed by atoms with Crippen LogP contribution in [0.5, 0.6) is 5.75 Å². The van der Waals surface area contributed by atoms with Crippen molar-refractivity contribution in [2.24, 2.45) is 0 Å². The predicted octanol–water partition coefficient (Wildman–Crippen LogP) is 0.774. The summed E-state index contributed by atoms with van der Waals surface area (Å²) in [6.07, 6.45) is 0. The summed E-state index contributed by atoms with van der Waals surface area (Å²) in [5, 5.41) is 33.8. The van der Waals surface area contributed by atoms with Gasteiger partial charge in [-0.3, -0.25) is 24.5 Å². The number of phenols is 1. The topological polar surface area (TPSA) is 188 Å². The summed E-state index contributed by atoms with van der Waals surface area (Å²) in [4.78, 5) is 51.9. The van der Waals surface area contributed by atoms with E-state index in [4.69, 9.17) is 5.11 Å². The highest BCUT2D eigenvalue weighted by Crippen LogP contribution is 2.27. The molecule has 0 spiro atoms. The van der Waals surface area contributed by atoms with Crippen molar-refractivity contribution in [3.63, 3.8) is 0 Å². The van der Waals surface area contributed by atoms with Crippen LogP contribution in [0.25, 0.3) is 22.4 Å². The van der Waals surface area contributed by atoms with E-state index in [1.165, 1.54) is 36.4 Å². The number of hydrogen-bond donors (Lipinski definition) is 5. The van der Waals surface area contributed by atoms with E-state index in [0.717, 1.165) is 0 Å². The zero-order valence-corrected chi connectivity index (χ0v) is 15.2. The van der Waals surface area contributed by atoms with Crippen LogP contribution in [0.4, 0.5) is 5.69 Å². The molecule has 12 nitrogen and oxygen atoms in total. The van der Waals surface area contributed by atoms with Gasteiger partial charge in [0.25, 0.3) is 11.6 Å². The maximum atomic E-state index is 12.3. The first-order valence-electron chi connectivity index (χ1n) is 8.49. The highest BCUT2D eigenvalue weighted by molar-refractivity contribution is 6.00. The Morgan fingerprint density at radius 2 is 1.87 bits per heavy atom. The Labute approximate surface area is 167 Å². The lowest BCUT2D eigenvalue weighted by Gasteiger charge is -2.08. The molecule has 1 heterocycles. The van der Waals surface area contributed by atoms with Gasteiger partial charge in [-0.15, -0.1) is 0 Å². The van der Waals surface area contributed by atoms with E-state index in [9.17, 15) is 29.6 Å². The van der Waals surface area contributed by atoms with Crippen LogP contribution in [-0.2, 0) is 9.59 Å². The number of nitro groups is 1. The molecule has 1 aromatic heterocycles. The number of aromatic amines is 1. The zero-order valence-electron chi connectivity index (χ0n) is 15.2. The van der Waals surface area contributed by atoms with E-state index in [1.54, 1.807) is 0 Å². The molecule has 3 aromatic rings. The number of rotatable bonds is 7. The average Bonchev–Trinajstić information content (AvgIpc) is 3.14. The molecule has 2 aromatic carbocycles. The molecule has 0 saturated carbocycles. The van der Waals surface area contributed by atoms with Crippen LogP contribution in [0, 0.1) is 10.1 Å². The molecule has 12 heteroatoms. The molecule has 2 amide bonds. The number of hydrogen-bond acceptors (Lipinski definition) is 7. The van der Waals surface area contributed by atoms with E-state index in [-0.39, 0.29) is 17.0 Å². The number of phenolic OH excluding ortho intramolecular Hbond substituents is 1. The molecule has 0 fully saturated rings. The molecule has 30 heavy (non-hydrogen) atoms. The molecule has 5 N–H and O–H groups in total. The quantitative estimate of drug-likeness (QED) is 0.277. The van der Waals surface area contributed by atoms with Gasteiger partial charge in [0.2, 0.25) is 5.91 Å². The molecular formula is C18H15N5O7. The van der Waals surface area contributed by atoms with Gasteiger partial charge >= 0.3 is 5.97 Å². The van der Waals surface area contributed by atoms with E-state index in [2.05, 4.69) is 20.6 Å². The van der Waals surface area contributed by atoms with Crippen LogP contribution in [0.3, 0.4) is 0 Å². The van der Waals surface area contributed by atoms with Gasteiger partial charge in [-0.25, -0.2) is 4.98 Å². The third kappa shape index (κ3) is 4.49. The highest BCUT2D eigenvalue weighted by atomic mass is 16.6. The third-order valence-electron chi connectivity index (χ3n) is 4.04. The number of nitrogens with zero attached hydrogens (tertiary/aromatic N) is 2. The Morgan fingerprint density at radius 1 is 1.10 bits per heavy atom. The molecule has 0 aliphatic carbocycles. The van der Waals surface area contributed by atoms with Gasteiger partial charge in [0.05, 0.1) is 28.1 Å². The van der Waals surface area contributed by atoms with Crippen molar-refractivity contribution >= 4 is 34.5 Å². The van der Waals surface area contributed by atoms with Crippen molar-refractivity contribution in [1.29, 1.82) is 0 Å². The molecule has 0 aliphatic heterocycles. The maximum absolute atomic E-state index is 12.3. The number of fused-ring (bicyclic) bond motifs is 1. The predicted molar refractivity (Wildman–Crippen MR) is 103 cm³/mol. The first-order valence-corrected chi connectivity index (χ1v) is 8.49. The van der Waals surface area contributed by atoms with Gasteiger partial charge in [-0.2, -0.15) is 0 Å². The Kier molecular flexibility index (Phi) is 5.58. The van der Waals surface area contributed by atoms with Crippen molar-refractivity contribution in [3.8, 4) is 17.1 Å². The number of carboxylic acid groups (broad SMARTS) is 1. The number of benzene rings is 2. The fourth-order valence-electron chi connectivity index (χ4n) is 2.61. The van der Waals surface area contributed by atoms with Gasteiger partial charge in [0, 0.05) is 17.7 Å². The normalized spacial score (nSPS) is 10.5. The minimum atomic E-state index is -1.23. The molecular weight excluding hydrogens is 398 g/mol. The van der Waals surface area contributed by atoms with Gasteiger partial charge in [0.1, 0.15) is 18.1 Å². The minimum Gasteiger partial charge on any atom is -0.507 e. The number of aromatic hydroxyl groups is 1. The first-order chi connectivity index (χ1) is 14.2. The Bertz CT molecular complexity index is 1170. The zero-order chi connectivity index (χ0) is 21.8. The van der Waals surface area contributed by atoms with Crippen LogP contribution in [0.1, 0.15) is 10.4 Å². The second-order valence-electron chi connectivity index (χ2n) is 6.13. The Morgan fingerprint density at radius 3 is 2.57 bits per heavy atom. The summed E-state index contributed by atoms with van der Waals surface area (Å²) in [7, 11) is 0. The molecule has 0 atom stereocenters. The van der Waals surface area contributed by atoms with Gasteiger partial charge in [0.15, 0.2) is 0 Å². The number of nitrogens with one attached hydrogen (secondary N) is 3. The SMILES string of the molecule is O=C(O)CNC(=O)CNC(=O)c1cc(-c2nc3ccc([N+](=O)[O-])cc3[nH]2)ccc1O. The number of aromatic nitrogens is 2. The third-order valence-corrected chi connectivity index (χ3v) is 4.04. The number of amides is 2. The van der Waals surface area contributed by atoms with Gasteiger partial charge < -0.3 is 25.8 Å². The van der Waals surface area contributed by atoms with Crippen LogP contribution in [0.2, 0.25) is 0 Å². The van der Waals surface area contributed by atoms with Crippen molar-refractivity contribution in [1.82, 2.24) is 20.6 Å².